The van der Waals surface area contributed by atoms with E-state index in [0.29, 0.717) is 5.02 Å². The number of halogens is 2. The van der Waals surface area contributed by atoms with E-state index in [1.165, 1.54) is 0 Å². The summed E-state index contributed by atoms with van der Waals surface area (Å²) >= 11 is 13.7. The van der Waals surface area contributed by atoms with Crippen molar-refractivity contribution in [3.05, 3.63) is 89.0 Å². The molecule has 0 saturated heterocycles. The lowest BCUT2D eigenvalue weighted by atomic mass is 10.1. The Morgan fingerprint density at radius 3 is 2.52 bits per heavy atom. The maximum Gasteiger partial charge on any atom is 0.368 e. The smallest absolute Gasteiger partial charge is 0.368 e. The Morgan fingerprint density at radius 2 is 1.89 bits per heavy atom. The number of carbonyl (C=O) groups is 1. The van der Waals surface area contributed by atoms with Crippen LogP contribution in [0.1, 0.15) is 27.4 Å². The molecular formula is C20H18Cl2N2O2S. The summed E-state index contributed by atoms with van der Waals surface area (Å²) in [4.78, 5) is 16.5. The molecule has 0 fully saturated rings. The van der Waals surface area contributed by atoms with Crippen LogP contribution in [0.5, 0.6) is 0 Å². The fourth-order valence-electron chi connectivity index (χ4n) is 2.47. The van der Waals surface area contributed by atoms with Crippen molar-refractivity contribution in [1.29, 1.82) is 0 Å². The number of benzene rings is 2. The van der Waals surface area contributed by atoms with E-state index in [4.69, 9.17) is 27.9 Å². The number of alkyl halides is 1. The minimum atomic E-state index is -0.509. The number of thioether (sulfide) groups is 1. The molecule has 27 heavy (non-hydrogen) atoms. The molecule has 0 saturated carbocycles. The van der Waals surface area contributed by atoms with Gasteiger partial charge in [-0.15, -0.1) is 0 Å². The second-order valence-corrected chi connectivity index (χ2v) is 7.96. The minimum absolute atomic E-state index is 0.220. The van der Waals surface area contributed by atoms with Crippen LogP contribution in [-0.2, 0) is 11.3 Å². The van der Waals surface area contributed by atoms with Crippen LogP contribution < -0.4 is 0 Å². The van der Waals surface area contributed by atoms with Gasteiger partial charge in [0.1, 0.15) is 12.1 Å². The number of hydrogen-bond acceptors (Lipinski definition) is 4. The first-order valence-corrected chi connectivity index (χ1v) is 9.98. The second-order valence-electron chi connectivity index (χ2n) is 6.00. The maximum atomic E-state index is 12.4. The van der Waals surface area contributed by atoms with Crippen LogP contribution >= 0.6 is 35.0 Å². The fraction of sp³-hybridized carbons (Fsp3) is 0.200. The molecule has 1 aromatic heterocycles. The summed E-state index contributed by atoms with van der Waals surface area (Å²) in [6.07, 6.45) is 5.03. The highest BCUT2D eigenvalue weighted by atomic mass is 35.5. The summed E-state index contributed by atoms with van der Waals surface area (Å²) in [6, 6.07) is 15.1. The molecule has 0 aliphatic rings. The van der Waals surface area contributed by atoms with Crippen molar-refractivity contribution < 1.29 is 9.53 Å². The zero-order chi connectivity index (χ0) is 19.2. The highest BCUT2D eigenvalue weighted by Crippen LogP contribution is 2.42. The fourth-order valence-corrected chi connectivity index (χ4v) is 3.89. The first kappa shape index (κ1) is 19.8. The van der Waals surface area contributed by atoms with Gasteiger partial charge in [-0.25, -0.2) is 9.78 Å². The zero-order valence-electron chi connectivity index (χ0n) is 14.6. The highest BCUT2D eigenvalue weighted by molar-refractivity contribution is 8.13. The molecule has 4 nitrogen and oxygen atoms in total. The summed E-state index contributed by atoms with van der Waals surface area (Å²) in [5.41, 5.74) is 2.47. The Bertz CT molecular complexity index is 868. The molecule has 7 heteroatoms. The lowest BCUT2D eigenvalue weighted by Gasteiger charge is -2.22. The van der Waals surface area contributed by atoms with Gasteiger partial charge in [0.05, 0.1) is 11.6 Å². The Kier molecular flexibility index (Phi) is 6.83. The number of hydrogen-bond donors (Lipinski definition) is 0. The van der Waals surface area contributed by atoms with E-state index in [0.717, 1.165) is 28.5 Å². The van der Waals surface area contributed by atoms with Gasteiger partial charge in [-0.3, -0.25) is 0 Å². The molecule has 2 atom stereocenters. The first-order valence-electron chi connectivity index (χ1n) is 8.29. The van der Waals surface area contributed by atoms with Gasteiger partial charge in [0, 0.05) is 17.4 Å². The number of aromatic nitrogens is 2. The Hall–Kier alpha value is -1.95. The van der Waals surface area contributed by atoms with Gasteiger partial charge in [-0.1, -0.05) is 65.2 Å². The number of rotatable bonds is 6. The molecule has 0 amide bonds. The zero-order valence-corrected chi connectivity index (χ0v) is 16.9. The van der Waals surface area contributed by atoms with Gasteiger partial charge in [-0.2, -0.15) is 0 Å². The Balaban J connectivity index is 1.71. The monoisotopic (exact) mass is 420 g/mol. The minimum Gasteiger partial charge on any atom is -0.453 e. The molecule has 0 radical (unpaired) electrons. The highest BCUT2D eigenvalue weighted by Gasteiger charge is 2.27. The quantitative estimate of drug-likeness (QED) is 0.342. The molecule has 140 valence electrons. The SMILES string of the molecule is Cc1ccc(COC(=O)SC(c2ccc(Cl)cc2)C(Cl)n2ccnc2)cc1. The molecule has 0 aliphatic carbocycles. The Morgan fingerprint density at radius 1 is 1.19 bits per heavy atom. The van der Waals surface area contributed by atoms with E-state index in [2.05, 4.69) is 4.98 Å². The molecule has 2 aromatic carbocycles. The molecule has 0 bridgehead atoms. The first-order chi connectivity index (χ1) is 13.0. The number of imidazole rings is 1. The van der Waals surface area contributed by atoms with Gasteiger partial charge in [0.25, 0.3) is 0 Å². The van der Waals surface area contributed by atoms with Crippen LogP contribution in [-0.4, -0.2) is 14.9 Å². The van der Waals surface area contributed by atoms with Crippen molar-refractivity contribution in [3.63, 3.8) is 0 Å². The van der Waals surface area contributed by atoms with Crippen LogP contribution in [0, 0.1) is 6.92 Å². The van der Waals surface area contributed by atoms with Gasteiger partial charge >= 0.3 is 5.30 Å². The summed E-state index contributed by atoms with van der Waals surface area (Å²) in [5, 5.41) is -0.122. The molecule has 1 heterocycles. The third-order valence-corrected chi connectivity index (χ3v) is 5.93. The predicted molar refractivity (Wildman–Crippen MR) is 110 cm³/mol. The third-order valence-electron chi connectivity index (χ3n) is 3.96. The van der Waals surface area contributed by atoms with E-state index in [-0.39, 0.29) is 17.2 Å². The average molecular weight is 421 g/mol. The number of carbonyl (C=O) groups excluding carboxylic acids is 1. The molecule has 0 spiro atoms. The number of nitrogens with zero attached hydrogens (tertiary/aromatic N) is 2. The molecule has 3 rings (SSSR count). The van der Waals surface area contributed by atoms with Gasteiger partial charge in [0.15, 0.2) is 0 Å². The number of aryl methyl sites for hydroxylation is 1. The molecule has 0 aliphatic heterocycles. The average Bonchev–Trinajstić information content (AvgIpc) is 3.21. The maximum absolute atomic E-state index is 12.4. The van der Waals surface area contributed by atoms with E-state index >= 15 is 0 Å². The lowest BCUT2D eigenvalue weighted by molar-refractivity contribution is 0.168. The van der Waals surface area contributed by atoms with Gasteiger partial charge in [0.2, 0.25) is 0 Å². The van der Waals surface area contributed by atoms with Crippen molar-refractivity contribution in [2.24, 2.45) is 0 Å². The van der Waals surface area contributed by atoms with Gasteiger partial charge < -0.3 is 9.30 Å². The van der Waals surface area contributed by atoms with Crippen LogP contribution in [0.3, 0.4) is 0 Å². The van der Waals surface area contributed by atoms with Crippen molar-refractivity contribution in [3.8, 4) is 0 Å². The van der Waals surface area contributed by atoms with Crippen molar-refractivity contribution in [2.75, 3.05) is 0 Å². The summed E-state index contributed by atoms with van der Waals surface area (Å²) in [7, 11) is 0. The van der Waals surface area contributed by atoms with E-state index in [1.807, 2.05) is 43.3 Å². The topological polar surface area (TPSA) is 44.1 Å². The van der Waals surface area contributed by atoms with Crippen LogP contribution in [0.2, 0.25) is 5.02 Å². The second kappa shape index (κ2) is 9.31. The van der Waals surface area contributed by atoms with Crippen LogP contribution in [0.4, 0.5) is 4.79 Å². The summed E-state index contributed by atoms with van der Waals surface area (Å²) in [5.74, 6) is 0. The summed E-state index contributed by atoms with van der Waals surface area (Å²) in [6.45, 7) is 2.23. The van der Waals surface area contributed by atoms with Crippen molar-refractivity contribution in [1.82, 2.24) is 9.55 Å². The standard InChI is InChI=1S/C20H18Cl2N2O2S/c1-14-2-4-15(5-3-14)12-26-20(25)27-18(16-6-8-17(21)9-7-16)19(22)24-11-10-23-13-24/h2-11,13,18-19H,12H2,1H3. The van der Waals surface area contributed by atoms with Gasteiger partial charge in [-0.05, 0) is 41.9 Å². The normalized spacial score (nSPS) is 13.1. The number of ether oxygens (including phenoxy) is 1. The lowest BCUT2D eigenvalue weighted by Crippen LogP contribution is -2.12. The summed E-state index contributed by atoms with van der Waals surface area (Å²) < 4.78 is 7.18. The molecule has 2 unspecified atom stereocenters. The van der Waals surface area contributed by atoms with Crippen LogP contribution in [0.15, 0.2) is 67.3 Å². The molecular weight excluding hydrogens is 403 g/mol. The largest absolute Gasteiger partial charge is 0.453 e. The van der Waals surface area contributed by atoms with Crippen LogP contribution in [0.25, 0.3) is 0 Å². The van der Waals surface area contributed by atoms with E-state index in [9.17, 15) is 4.79 Å². The predicted octanol–water partition coefficient (Wildman–Crippen LogP) is 6.39. The Labute approximate surface area is 172 Å². The molecule has 3 aromatic rings. The van der Waals surface area contributed by atoms with E-state index < -0.39 is 5.50 Å². The van der Waals surface area contributed by atoms with Crippen molar-refractivity contribution >= 4 is 40.3 Å². The van der Waals surface area contributed by atoms with Crippen molar-refractivity contribution in [2.45, 2.75) is 24.3 Å². The molecule has 0 N–H and O–H groups in total. The van der Waals surface area contributed by atoms with E-state index in [1.54, 1.807) is 35.4 Å². The third kappa shape index (κ3) is 5.51.